The van der Waals surface area contributed by atoms with E-state index < -0.39 is 0 Å². The molecule has 4 nitrogen and oxygen atoms in total. The van der Waals surface area contributed by atoms with Crippen LogP contribution < -0.4 is 0 Å². The molecular weight excluding hydrogens is 340 g/mol. The number of hydrogen-bond acceptors (Lipinski definition) is 3. The van der Waals surface area contributed by atoms with Gasteiger partial charge in [-0.25, -0.2) is 9.97 Å². The largest absolute Gasteiger partial charge is 0.307 e. The van der Waals surface area contributed by atoms with Crippen LogP contribution in [0.5, 0.6) is 0 Å². The topological polar surface area (TPSA) is 35.1 Å². The third-order valence-corrected chi connectivity index (χ3v) is 5.28. The van der Waals surface area contributed by atoms with Crippen molar-refractivity contribution in [2.24, 2.45) is 0 Å². The average molecular weight is 356 g/mol. The lowest BCUT2D eigenvalue weighted by Gasteiger charge is -2.08. The fourth-order valence-electron chi connectivity index (χ4n) is 3.12. The first-order valence-corrected chi connectivity index (χ1v) is 9.45. The van der Waals surface area contributed by atoms with Gasteiger partial charge < -0.3 is 4.40 Å². The Morgan fingerprint density at radius 3 is 2.50 bits per heavy atom. The fourth-order valence-corrected chi connectivity index (χ4v) is 4.03. The summed E-state index contributed by atoms with van der Waals surface area (Å²) in [5, 5.41) is 0.981. The number of hydrogen-bond donors (Lipinski definition) is 0. The fraction of sp³-hybridized carbons (Fsp3) is 0.0476. The van der Waals surface area contributed by atoms with Gasteiger partial charge in [0.05, 0.1) is 16.7 Å². The van der Waals surface area contributed by atoms with Crippen molar-refractivity contribution < 1.29 is 0 Å². The van der Waals surface area contributed by atoms with Crippen molar-refractivity contribution in [3.8, 4) is 5.69 Å². The molecule has 0 aliphatic heterocycles. The summed E-state index contributed by atoms with van der Waals surface area (Å²) in [6.07, 6.45) is 4.10. The maximum Gasteiger partial charge on any atom is 0.174 e. The van der Waals surface area contributed by atoms with E-state index in [0.717, 1.165) is 39.0 Å². The maximum absolute atomic E-state index is 4.85. The zero-order valence-corrected chi connectivity index (χ0v) is 14.8. The van der Waals surface area contributed by atoms with Crippen LogP contribution in [0.25, 0.3) is 22.4 Å². The lowest BCUT2D eigenvalue weighted by molar-refractivity contribution is 0.918. The summed E-state index contributed by atoms with van der Waals surface area (Å²) in [4.78, 5) is 9.54. The quantitative estimate of drug-likeness (QED) is 0.427. The molecule has 0 amide bonds. The summed E-state index contributed by atoms with van der Waals surface area (Å²) in [5.74, 6) is 0.776. The second-order valence-electron chi connectivity index (χ2n) is 6.04. The zero-order chi connectivity index (χ0) is 17.3. The Morgan fingerprint density at radius 2 is 1.62 bits per heavy atom. The number of rotatable bonds is 4. The molecule has 0 unspecified atom stereocenters. The minimum atomic E-state index is 0.776. The Kier molecular flexibility index (Phi) is 3.72. The standard InChI is InChI=1S/C21H16N4S/c1-2-8-17(9-3-1)25-19-11-5-4-10-18(19)23-21(25)26-15-16-14-24-13-7-6-12-20(24)22-16/h1-14H,15H2. The Hall–Kier alpha value is -3.05. The van der Waals surface area contributed by atoms with Crippen LogP contribution >= 0.6 is 11.8 Å². The average Bonchev–Trinajstić information content (AvgIpc) is 3.27. The highest BCUT2D eigenvalue weighted by molar-refractivity contribution is 7.98. The molecule has 126 valence electrons. The minimum absolute atomic E-state index is 0.776. The molecular formula is C21H16N4S. The summed E-state index contributed by atoms with van der Waals surface area (Å²) in [6, 6.07) is 24.7. The van der Waals surface area contributed by atoms with E-state index in [4.69, 9.17) is 4.98 Å². The third-order valence-electron chi connectivity index (χ3n) is 4.31. The van der Waals surface area contributed by atoms with Gasteiger partial charge in [-0.1, -0.05) is 48.2 Å². The van der Waals surface area contributed by atoms with Gasteiger partial charge in [0.15, 0.2) is 5.16 Å². The highest BCUT2D eigenvalue weighted by Crippen LogP contribution is 2.29. The van der Waals surface area contributed by atoms with Gasteiger partial charge in [0, 0.05) is 23.8 Å². The van der Waals surface area contributed by atoms with Gasteiger partial charge in [-0.05, 0) is 36.4 Å². The van der Waals surface area contributed by atoms with Crippen molar-refractivity contribution in [2.75, 3.05) is 0 Å². The molecule has 26 heavy (non-hydrogen) atoms. The maximum atomic E-state index is 4.85. The van der Waals surface area contributed by atoms with Gasteiger partial charge in [0.25, 0.3) is 0 Å². The van der Waals surface area contributed by atoms with Crippen molar-refractivity contribution in [3.05, 3.63) is 90.9 Å². The van der Waals surface area contributed by atoms with E-state index in [1.807, 2.05) is 36.5 Å². The lowest BCUT2D eigenvalue weighted by atomic mass is 10.3. The van der Waals surface area contributed by atoms with Crippen LogP contribution in [0.3, 0.4) is 0 Å². The summed E-state index contributed by atoms with van der Waals surface area (Å²) in [7, 11) is 0. The number of aromatic nitrogens is 4. The molecule has 0 radical (unpaired) electrons. The van der Waals surface area contributed by atoms with Crippen molar-refractivity contribution in [3.63, 3.8) is 0 Å². The molecule has 0 fully saturated rings. The molecule has 0 N–H and O–H groups in total. The summed E-state index contributed by atoms with van der Waals surface area (Å²) < 4.78 is 4.27. The lowest BCUT2D eigenvalue weighted by Crippen LogP contribution is -1.96. The Balaban J connectivity index is 1.54. The molecule has 5 aromatic rings. The number of thioether (sulfide) groups is 1. The second-order valence-corrected chi connectivity index (χ2v) is 6.98. The number of nitrogens with zero attached hydrogens (tertiary/aromatic N) is 4. The zero-order valence-electron chi connectivity index (χ0n) is 14.0. The van der Waals surface area contributed by atoms with Crippen molar-refractivity contribution in [1.82, 2.24) is 18.9 Å². The van der Waals surface area contributed by atoms with E-state index in [0.29, 0.717) is 0 Å². The predicted molar refractivity (Wildman–Crippen MR) is 106 cm³/mol. The highest BCUT2D eigenvalue weighted by Gasteiger charge is 2.13. The molecule has 2 aromatic carbocycles. The van der Waals surface area contributed by atoms with Crippen molar-refractivity contribution >= 4 is 28.4 Å². The van der Waals surface area contributed by atoms with E-state index in [1.165, 1.54) is 0 Å². The molecule has 0 saturated heterocycles. The van der Waals surface area contributed by atoms with E-state index in [9.17, 15) is 0 Å². The van der Waals surface area contributed by atoms with Crippen LogP contribution in [-0.4, -0.2) is 18.9 Å². The van der Waals surface area contributed by atoms with E-state index in [2.05, 4.69) is 62.6 Å². The van der Waals surface area contributed by atoms with Crippen LogP contribution in [0.2, 0.25) is 0 Å². The molecule has 0 atom stereocenters. The Labute approximate surface area is 155 Å². The van der Waals surface area contributed by atoms with E-state index in [1.54, 1.807) is 11.8 Å². The van der Waals surface area contributed by atoms with E-state index >= 15 is 0 Å². The molecule has 5 rings (SSSR count). The smallest absolute Gasteiger partial charge is 0.174 e. The number of pyridine rings is 1. The summed E-state index contributed by atoms with van der Waals surface area (Å²) >= 11 is 1.71. The molecule has 5 heteroatoms. The van der Waals surface area contributed by atoms with Gasteiger partial charge in [0.2, 0.25) is 0 Å². The van der Waals surface area contributed by atoms with Crippen molar-refractivity contribution in [1.29, 1.82) is 0 Å². The minimum Gasteiger partial charge on any atom is -0.307 e. The molecule has 0 bridgehead atoms. The van der Waals surface area contributed by atoms with Gasteiger partial charge in [0.1, 0.15) is 5.65 Å². The number of benzene rings is 2. The number of imidazole rings is 2. The molecule has 3 heterocycles. The number of para-hydroxylation sites is 3. The summed E-state index contributed by atoms with van der Waals surface area (Å²) in [6.45, 7) is 0. The molecule has 3 aromatic heterocycles. The first-order chi connectivity index (χ1) is 12.9. The monoisotopic (exact) mass is 356 g/mol. The van der Waals surface area contributed by atoms with Crippen LogP contribution in [0, 0.1) is 0 Å². The molecule has 0 saturated carbocycles. The summed E-state index contributed by atoms with van der Waals surface area (Å²) in [5.41, 5.74) is 5.27. The Bertz CT molecular complexity index is 1160. The molecule has 0 spiro atoms. The van der Waals surface area contributed by atoms with Crippen LogP contribution in [0.4, 0.5) is 0 Å². The highest BCUT2D eigenvalue weighted by atomic mass is 32.2. The second kappa shape index (κ2) is 6.35. The first kappa shape index (κ1) is 15.2. The number of fused-ring (bicyclic) bond motifs is 2. The van der Waals surface area contributed by atoms with E-state index in [-0.39, 0.29) is 0 Å². The SMILES string of the molecule is c1ccc(-n2c(SCc3cn4ccccc4n3)nc3ccccc32)cc1. The van der Waals surface area contributed by atoms with Gasteiger partial charge in [-0.2, -0.15) is 0 Å². The van der Waals surface area contributed by atoms with Crippen LogP contribution in [0.1, 0.15) is 5.69 Å². The van der Waals surface area contributed by atoms with Crippen LogP contribution in [0.15, 0.2) is 90.3 Å². The first-order valence-electron chi connectivity index (χ1n) is 8.47. The normalized spacial score (nSPS) is 11.4. The van der Waals surface area contributed by atoms with Crippen molar-refractivity contribution in [2.45, 2.75) is 10.9 Å². The van der Waals surface area contributed by atoms with Crippen LogP contribution in [-0.2, 0) is 5.75 Å². The van der Waals surface area contributed by atoms with Gasteiger partial charge >= 0.3 is 0 Å². The third kappa shape index (κ3) is 2.66. The Morgan fingerprint density at radius 1 is 0.808 bits per heavy atom. The molecule has 0 aliphatic rings. The molecule has 0 aliphatic carbocycles. The van der Waals surface area contributed by atoms with Gasteiger partial charge in [-0.3, -0.25) is 4.57 Å². The predicted octanol–water partition coefficient (Wildman–Crippen LogP) is 4.97. The van der Waals surface area contributed by atoms with Gasteiger partial charge in [-0.15, -0.1) is 0 Å².